The summed E-state index contributed by atoms with van der Waals surface area (Å²) < 4.78 is 0. The predicted octanol–water partition coefficient (Wildman–Crippen LogP) is 1.92. The Morgan fingerprint density at radius 1 is 1.35 bits per heavy atom. The number of nitro benzene ring substituents is 1. The molecule has 1 aromatic carbocycles. The highest BCUT2D eigenvalue weighted by molar-refractivity contribution is 5.98. The fourth-order valence-electron chi connectivity index (χ4n) is 2.36. The van der Waals surface area contributed by atoms with Crippen molar-refractivity contribution in [2.24, 2.45) is 0 Å². The summed E-state index contributed by atoms with van der Waals surface area (Å²) in [6, 6.07) is 3.32. The highest BCUT2D eigenvalue weighted by Crippen LogP contribution is 2.23. The zero-order chi connectivity index (χ0) is 14.9. The van der Waals surface area contributed by atoms with E-state index in [1.807, 2.05) is 6.92 Å². The van der Waals surface area contributed by atoms with Crippen molar-refractivity contribution in [3.63, 3.8) is 0 Å². The van der Waals surface area contributed by atoms with Crippen LogP contribution in [0.4, 0.5) is 5.69 Å². The van der Waals surface area contributed by atoms with Gasteiger partial charge in [-0.15, -0.1) is 0 Å². The summed E-state index contributed by atoms with van der Waals surface area (Å²) in [6.07, 6.45) is 1.76. The first-order valence-corrected chi connectivity index (χ1v) is 6.24. The van der Waals surface area contributed by atoms with Crippen LogP contribution in [0.15, 0.2) is 18.2 Å². The first-order chi connectivity index (χ1) is 9.40. The van der Waals surface area contributed by atoms with E-state index < -0.39 is 10.9 Å². The molecule has 1 aliphatic heterocycles. The summed E-state index contributed by atoms with van der Waals surface area (Å²) in [5.74, 6) is -1.65. The number of carbonyl (C=O) groups excluding carboxylic acids is 1. The second-order valence-electron chi connectivity index (χ2n) is 4.82. The number of likely N-dealkylation sites (tertiary alicyclic amines) is 1. The van der Waals surface area contributed by atoms with Crippen LogP contribution >= 0.6 is 0 Å². The highest BCUT2D eigenvalue weighted by Gasteiger charge is 2.27. The second kappa shape index (κ2) is 5.28. The molecule has 20 heavy (non-hydrogen) atoms. The second-order valence-corrected chi connectivity index (χ2v) is 4.82. The Morgan fingerprint density at radius 2 is 2.00 bits per heavy atom. The quantitative estimate of drug-likeness (QED) is 0.672. The fraction of sp³-hybridized carbons (Fsp3) is 0.385. The van der Waals surface area contributed by atoms with E-state index in [9.17, 15) is 19.7 Å². The number of non-ortho nitro benzene ring substituents is 1. The number of hydrogen-bond donors (Lipinski definition) is 1. The third kappa shape index (κ3) is 2.61. The molecule has 1 saturated heterocycles. The van der Waals surface area contributed by atoms with Crippen LogP contribution in [0, 0.1) is 10.1 Å². The largest absolute Gasteiger partial charge is 0.478 e. The predicted molar refractivity (Wildman–Crippen MR) is 69.8 cm³/mol. The van der Waals surface area contributed by atoms with Crippen molar-refractivity contribution < 1.29 is 19.6 Å². The first-order valence-electron chi connectivity index (χ1n) is 6.24. The highest BCUT2D eigenvalue weighted by atomic mass is 16.6. The molecule has 0 aliphatic carbocycles. The van der Waals surface area contributed by atoms with Gasteiger partial charge in [0.25, 0.3) is 11.6 Å². The molecule has 2 rings (SSSR count). The number of rotatable bonds is 3. The van der Waals surface area contributed by atoms with Crippen LogP contribution in [0.3, 0.4) is 0 Å². The van der Waals surface area contributed by atoms with Crippen molar-refractivity contribution >= 4 is 17.6 Å². The van der Waals surface area contributed by atoms with Gasteiger partial charge < -0.3 is 10.0 Å². The summed E-state index contributed by atoms with van der Waals surface area (Å²) in [5.41, 5.74) is -0.597. The average molecular weight is 278 g/mol. The molecule has 0 saturated carbocycles. The third-order valence-electron chi connectivity index (χ3n) is 3.44. The molecule has 1 N–H and O–H groups in total. The molecule has 1 aliphatic rings. The van der Waals surface area contributed by atoms with Gasteiger partial charge in [0, 0.05) is 30.3 Å². The van der Waals surface area contributed by atoms with Crippen molar-refractivity contribution in [1.29, 1.82) is 0 Å². The number of amides is 1. The lowest BCUT2D eigenvalue weighted by molar-refractivity contribution is -0.384. The lowest BCUT2D eigenvalue weighted by atomic mass is 10.1. The molecule has 106 valence electrons. The van der Waals surface area contributed by atoms with Gasteiger partial charge in [0.05, 0.1) is 10.5 Å². The number of hydrogen-bond acceptors (Lipinski definition) is 4. The number of aromatic carboxylic acids is 1. The standard InChI is InChI=1S/C13H14N2O5/c1-8-3-2-4-14(8)12(16)9-5-10(13(17)18)7-11(6-9)15(19)20/h5-8H,2-4H2,1H3,(H,17,18). The lowest BCUT2D eigenvalue weighted by Crippen LogP contribution is -2.33. The van der Waals surface area contributed by atoms with Gasteiger partial charge >= 0.3 is 5.97 Å². The topological polar surface area (TPSA) is 101 Å². The first kappa shape index (κ1) is 14.0. The number of benzene rings is 1. The van der Waals surface area contributed by atoms with Crippen LogP contribution in [0.25, 0.3) is 0 Å². The number of nitro groups is 1. The van der Waals surface area contributed by atoms with Crippen LogP contribution in [0.5, 0.6) is 0 Å². The van der Waals surface area contributed by atoms with E-state index in [2.05, 4.69) is 0 Å². The van der Waals surface area contributed by atoms with E-state index in [1.54, 1.807) is 4.90 Å². The monoisotopic (exact) mass is 278 g/mol. The summed E-state index contributed by atoms with van der Waals surface area (Å²) in [5, 5.41) is 19.8. The number of nitrogens with zero attached hydrogens (tertiary/aromatic N) is 2. The Balaban J connectivity index is 2.42. The smallest absolute Gasteiger partial charge is 0.335 e. The van der Waals surface area contributed by atoms with Gasteiger partial charge in [0.15, 0.2) is 0 Å². The van der Waals surface area contributed by atoms with Crippen molar-refractivity contribution in [3.8, 4) is 0 Å². The molecule has 1 amide bonds. The van der Waals surface area contributed by atoms with Crippen LogP contribution < -0.4 is 0 Å². The van der Waals surface area contributed by atoms with Crippen LogP contribution in [-0.4, -0.2) is 39.4 Å². The molecule has 1 unspecified atom stereocenters. The molecular weight excluding hydrogens is 264 g/mol. The minimum absolute atomic E-state index is 0.0466. The van der Waals surface area contributed by atoms with Gasteiger partial charge in [-0.1, -0.05) is 0 Å². The molecule has 0 radical (unpaired) electrons. The van der Waals surface area contributed by atoms with Crippen LogP contribution in [-0.2, 0) is 0 Å². The maximum absolute atomic E-state index is 12.3. The average Bonchev–Trinajstić information content (AvgIpc) is 2.83. The van der Waals surface area contributed by atoms with Crippen LogP contribution in [0.1, 0.15) is 40.5 Å². The number of carbonyl (C=O) groups is 2. The van der Waals surface area contributed by atoms with Crippen LogP contribution in [0.2, 0.25) is 0 Å². The maximum atomic E-state index is 12.3. The van der Waals surface area contributed by atoms with Crippen molar-refractivity contribution in [2.75, 3.05) is 6.54 Å². The van der Waals surface area contributed by atoms with Crippen molar-refractivity contribution in [1.82, 2.24) is 4.90 Å². The molecule has 1 aromatic rings. The zero-order valence-corrected chi connectivity index (χ0v) is 10.9. The van der Waals surface area contributed by atoms with Gasteiger partial charge in [-0.05, 0) is 25.8 Å². The van der Waals surface area contributed by atoms with E-state index in [0.717, 1.165) is 25.0 Å². The van der Waals surface area contributed by atoms with Gasteiger partial charge in [-0.25, -0.2) is 4.79 Å². The van der Waals surface area contributed by atoms with E-state index in [-0.39, 0.29) is 28.8 Å². The fourth-order valence-corrected chi connectivity index (χ4v) is 2.36. The Hall–Kier alpha value is -2.44. The van der Waals surface area contributed by atoms with Gasteiger partial charge in [-0.2, -0.15) is 0 Å². The van der Waals surface area contributed by atoms with Gasteiger partial charge in [0.2, 0.25) is 0 Å². The minimum Gasteiger partial charge on any atom is -0.478 e. The summed E-state index contributed by atoms with van der Waals surface area (Å²) in [4.78, 5) is 35.0. The number of carboxylic acids is 1. The summed E-state index contributed by atoms with van der Waals surface area (Å²) in [6.45, 7) is 2.49. The Bertz CT molecular complexity index is 552. The Morgan fingerprint density at radius 3 is 2.50 bits per heavy atom. The van der Waals surface area contributed by atoms with E-state index in [0.29, 0.717) is 6.54 Å². The maximum Gasteiger partial charge on any atom is 0.335 e. The van der Waals surface area contributed by atoms with E-state index >= 15 is 0 Å². The molecule has 0 spiro atoms. The molecule has 1 atom stereocenters. The molecular formula is C13H14N2O5. The van der Waals surface area contributed by atoms with E-state index in [4.69, 9.17) is 5.11 Å². The van der Waals surface area contributed by atoms with Gasteiger partial charge in [0.1, 0.15) is 0 Å². The van der Waals surface area contributed by atoms with Crippen molar-refractivity contribution in [3.05, 3.63) is 39.4 Å². The third-order valence-corrected chi connectivity index (χ3v) is 3.44. The lowest BCUT2D eigenvalue weighted by Gasteiger charge is -2.21. The molecule has 7 heteroatoms. The molecule has 1 heterocycles. The summed E-state index contributed by atoms with van der Waals surface area (Å²) in [7, 11) is 0. The normalized spacial score (nSPS) is 18.1. The minimum atomic E-state index is -1.29. The SMILES string of the molecule is CC1CCCN1C(=O)c1cc(C(=O)O)cc([N+](=O)[O-])c1. The molecule has 0 aromatic heterocycles. The van der Waals surface area contributed by atoms with Crippen molar-refractivity contribution in [2.45, 2.75) is 25.8 Å². The zero-order valence-electron chi connectivity index (χ0n) is 10.9. The molecule has 1 fully saturated rings. The van der Waals surface area contributed by atoms with E-state index in [1.165, 1.54) is 6.07 Å². The van der Waals surface area contributed by atoms with Gasteiger partial charge in [-0.3, -0.25) is 14.9 Å². The summed E-state index contributed by atoms with van der Waals surface area (Å²) >= 11 is 0. The molecule has 0 bridgehead atoms. The Kier molecular flexibility index (Phi) is 3.69. The number of carboxylic acid groups (broad SMARTS) is 1. The Labute approximate surface area is 115 Å². The molecule has 7 nitrogen and oxygen atoms in total.